The van der Waals surface area contributed by atoms with Gasteiger partial charge in [-0.2, -0.15) is 13.2 Å². The minimum absolute atomic E-state index is 0.119. The van der Waals surface area contributed by atoms with E-state index >= 15 is 0 Å². The lowest BCUT2D eigenvalue weighted by molar-refractivity contribution is -0.140. The monoisotopic (exact) mass is 572 g/mol. The fourth-order valence-electron chi connectivity index (χ4n) is 4.53. The molecule has 200 valence electrons. The highest BCUT2D eigenvalue weighted by Gasteiger charge is 2.45. The molecule has 0 spiro atoms. The van der Waals surface area contributed by atoms with Crippen molar-refractivity contribution < 1.29 is 27.4 Å². The molecule has 39 heavy (non-hydrogen) atoms. The molecule has 0 unspecified atom stereocenters. The van der Waals surface area contributed by atoms with Crippen molar-refractivity contribution in [3.8, 4) is 5.75 Å². The average molecular weight is 573 g/mol. The zero-order valence-corrected chi connectivity index (χ0v) is 22.2. The zero-order chi connectivity index (χ0) is 27.9. The summed E-state index contributed by atoms with van der Waals surface area (Å²) in [6.07, 6.45) is -3.41. The number of esters is 1. The lowest BCUT2D eigenvalue weighted by Crippen LogP contribution is -2.41. The van der Waals surface area contributed by atoms with Gasteiger partial charge in [-0.15, -0.1) is 0 Å². The van der Waals surface area contributed by atoms with Crippen LogP contribution in [0.25, 0.3) is 16.8 Å². The Morgan fingerprint density at radius 3 is 2.51 bits per heavy atom. The Balaban J connectivity index is 1.85. The summed E-state index contributed by atoms with van der Waals surface area (Å²) in [5.41, 5.74) is -1.96. The molecular formula is C28H20ClF3N2O4S. The van der Waals surface area contributed by atoms with Crippen LogP contribution in [0.4, 0.5) is 13.2 Å². The summed E-state index contributed by atoms with van der Waals surface area (Å²) in [7, 11) is 1.49. The van der Waals surface area contributed by atoms with Crippen LogP contribution < -0.4 is 19.6 Å². The molecule has 1 atom stereocenters. The van der Waals surface area contributed by atoms with Gasteiger partial charge in [0.2, 0.25) is 0 Å². The average Bonchev–Trinajstić information content (AvgIpc) is 3.22. The van der Waals surface area contributed by atoms with Crippen LogP contribution in [0.2, 0.25) is 5.02 Å². The van der Waals surface area contributed by atoms with E-state index in [1.54, 1.807) is 12.1 Å². The number of halogens is 4. The van der Waals surface area contributed by atoms with E-state index in [9.17, 15) is 22.8 Å². The maximum Gasteiger partial charge on any atom is 0.434 e. The van der Waals surface area contributed by atoms with Crippen LogP contribution in [0.15, 0.2) is 81.7 Å². The molecule has 0 aliphatic carbocycles. The predicted octanol–water partition coefficient (Wildman–Crippen LogP) is 5.16. The van der Waals surface area contributed by atoms with Crippen molar-refractivity contribution in [3.05, 3.63) is 108 Å². The van der Waals surface area contributed by atoms with Gasteiger partial charge >= 0.3 is 12.1 Å². The lowest BCUT2D eigenvalue weighted by atomic mass is 9.95. The third-order valence-electron chi connectivity index (χ3n) is 6.21. The summed E-state index contributed by atoms with van der Waals surface area (Å²) >= 11 is 6.81. The second-order valence-corrected chi connectivity index (χ2v) is 9.96. The van der Waals surface area contributed by atoms with Crippen molar-refractivity contribution in [2.24, 2.45) is 4.99 Å². The third kappa shape index (κ3) is 4.86. The number of hydrogen-bond donors (Lipinski definition) is 0. The molecule has 0 bridgehead atoms. The van der Waals surface area contributed by atoms with Crippen LogP contribution in [-0.2, 0) is 9.53 Å². The predicted molar refractivity (Wildman–Crippen MR) is 143 cm³/mol. The Morgan fingerprint density at radius 2 is 1.85 bits per heavy atom. The van der Waals surface area contributed by atoms with Gasteiger partial charge in [0.15, 0.2) is 10.5 Å². The standard InChI is InChI=1S/C28H20ClF3N2O4S/c1-3-38-26(36)22-23(16-8-11-17(29)12-9-16)34-25(35)21(39-27(34)33-24(22)28(30,31)32)14-19-18-7-5-4-6-15(18)10-13-20(19)37-2/h4-14,23H,3H2,1-2H3/b21-14+/t23-/m0/s1. The number of nitrogens with zero attached hydrogens (tertiary/aromatic N) is 2. The molecule has 1 aliphatic heterocycles. The molecule has 0 saturated carbocycles. The second-order valence-electron chi connectivity index (χ2n) is 8.52. The number of rotatable bonds is 5. The number of carbonyl (C=O) groups is 1. The van der Waals surface area contributed by atoms with Gasteiger partial charge in [0, 0.05) is 10.6 Å². The number of methoxy groups -OCH3 is 1. The van der Waals surface area contributed by atoms with Gasteiger partial charge in [0.1, 0.15) is 5.75 Å². The first-order valence-electron chi connectivity index (χ1n) is 11.8. The second kappa shape index (κ2) is 10.3. The highest BCUT2D eigenvalue weighted by Crippen LogP contribution is 2.38. The molecule has 0 radical (unpaired) electrons. The van der Waals surface area contributed by atoms with E-state index in [0.29, 0.717) is 16.3 Å². The molecule has 0 N–H and O–H groups in total. The molecule has 0 amide bonds. The van der Waals surface area contributed by atoms with Crippen LogP contribution in [0.5, 0.6) is 5.75 Å². The lowest BCUT2D eigenvalue weighted by Gasteiger charge is -2.26. The number of hydrogen-bond acceptors (Lipinski definition) is 6. The van der Waals surface area contributed by atoms with E-state index in [1.165, 1.54) is 38.3 Å². The number of benzene rings is 3. The quantitative estimate of drug-likeness (QED) is 0.310. The van der Waals surface area contributed by atoms with E-state index in [4.69, 9.17) is 21.1 Å². The van der Waals surface area contributed by atoms with Gasteiger partial charge in [-0.1, -0.05) is 65.4 Å². The van der Waals surface area contributed by atoms with Crippen molar-refractivity contribution in [1.82, 2.24) is 4.57 Å². The van der Waals surface area contributed by atoms with Crippen molar-refractivity contribution in [2.45, 2.75) is 19.1 Å². The summed E-state index contributed by atoms with van der Waals surface area (Å²) in [6.45, 7) is 1.32. The van der Waals surface area contributed by atoms with E-state index in [2.05, 4.69) is 4.99 Å². The smallest absolute Gasteiger partial charge is 0.434 e. The topological polar surface area (TPSA) is 69.9 Å². The summed E-state index contributed by atoms with van der Waals surface area (Å²) in [5.74, 6) is -0.726. The van der Waals surface area contributed by atoms with Crippen LogP contribution in [-0.4, -0.2) is 30.4 Å². The SMILES string of the molecule is CCOC(=O)C1=C(C(F)(F)F)N=c2s/c(=C/c3c(OC)ccc4ccccc34)c(=O)n2[C@H]1c1ccc(Cl)cc1. The fourth-order valence-corrected chi connectivity index (χ4v) is 5.64. The van der Waals surface area contributed by atoms with Crippen molar-refractivity contribution in [3.63, 3.8) is 0 Å². The number of aromatic nitrogens is 1. The van der Waals surface area contributed by atoms with Crippen LogP contribution in [0.1, 0.15) is 24.1 Å². The van der Waals surface area contributed by atoms with Gasteiger partial charge in [-0.3, -0.25) is 9.36 Å². The number of carbonyl (C=O) groups excluding carboxylic acids is 1. The molecule has 5 rings (SSSR count). The van der Waals surface area contributed by atoms with Gasteiger partial charge in [0.25, 0.3) is 5.56 Å². The largest absolute Gasteiger partial charge is 0.496 e. The minimum atomic E-state index is -4.99. The first-order chi connectivity index (χ1) is 18.6. The van der Waals surface area contributed by atoms with Crippen molar-refractivity contribution in [1.29, 1.82) is 0 Å². The molecule has 1 aliphatic rings. The highest BCUT2D eigenvalue weighted by molar-refractivity contribution is 7.07. The Hall–Kier alpha value is -3.89. The van der Waals surface area contributed by atoms with Crippen molar-refractivity contribution >= 4 is 45.8 Å². The molecule has 2 heterocycles. The Labute approximate surface area is 228 Å². The van der Waals surface area contributed by atoms with Crippen LogP contribution in [0, 0.1) is 0 Å². The number of allylic oxidation sites excluding steroid dienone is 1. The Bertz CT molecular complexity index is 1810. The van der Waals surface area contributed by atoms with Gasteiger partial charge < -0.3 is 9.47 Å². The van der Waals surface area contributed by atoms with Crippen LogP contribution >= 0.6 is 22.9 Å². The molecule has 0 fully saturated rings. The van der Waals surface area contributed by atoms with Gasteiger partial charge in [-0.05, 0) is 47.5 Å². The number of thiazole rings is 1. The molecule has 1 aromatic heterocycles. The normalized spacial score (nSPS) is 15.7. The zero-order valence-electron chi connectivity index (χ0n) is 20.6. The first kappa shape index (κ1) is 26.7. The van der Waals surface area contributed by atoms with Gasteiger partial charge in [0.05, 0.1) is 29.9 Å². The van der Waals surface area contributed by atoms with E-state index < -0.39 is 35.0 Å². The van der Waals surface area contributed by atoms with Crippen molar-refractivity contribution in [2.75, 3.05) is 13.7 Å². The number of alkyl halides is 3. The molecule has 4 aromatic rings. The summed E-state index contributed by atoms with van der Waals surface area (Å²) in [5, 5.41) is 2.02. The number of fused-ring (bicyclic) bond motifs is 2. The Kier molecular flexibility index (Phi) is 7.09. The summed E-state index contributed by atoms with van der Waals surface area (Å²) in [4.78, 5) is 30.4. The van der Waals surface area contributed by atoms with E-state index in [-0.39, 0.29) is 21.5 Å². The van der Waals surface area contributed by atoms with Crippen LogP contribution in [0.3, 0.4) is 0 Å². The maximum absolute atomic E-state index is 14.3. The Morgan fingerprint density at radius 1 is 1.13 bits per heavy atom. The summed E-state index contributed by atoms with van der Waals surface area (Å²) < 4.78 is 54.6. The van der Waals surface area contributed by atoms with E-state index in [1.807, 2.05) is 30.3 Å². The van der Waals surface area contributed by atoms with Gasteiger partial charge in [-0.25, -0.2) is 9.79 Å². The molecule has 3 aromatic carbocycles. The summed E-state index contributed by atoms with van der Waals surface area (Å²) in [6, 6.07) is 15.5. The molecule has 0 saturated heterocycles. The molecule has 6 nitrogen and oxygen atoms in total. The van der Waals surface area contributed by atoms with E-state index in [0.717, 1.165) is 26.7 Å². The maximum atomic E-state index is 14.3. The minimum Gasteiger partial charge on any atom is -0.496 e. The molecular weight excluding hydrogens is 553 g/mol. The first-order valence-corrected chi connectivity index (χ1v) is 12.9. The fraction of sp³-hybridized carbons (Fsp3) is 0.179. The molecule has 11 heteroatoms. The third-order valence-corrected chi connectivity index (χ3v) is 7.44. The highest BCUT2D eigenvalue weighted by atomic mass is 35.5. The number of ether oxygens (including phenoxy) is 2.